The topological polar surface area (TPSA) is 382 Å². The van der Waals surface area contributed by atoms with Crippen LogP contribution in [0.4, 0.5) is 5.95 Å². The minimum Gasteiger partial charge on any atom is -0.388 e. The number of phosphoric ester groups is 3. The van der Waals surface area contributed by atoms with Crippen molar-refractivity contribution >= 4 is 40.6 Å². The monoisotopic (exact) mass is 740 g/mol. The van der Waals surface area contributed by atoms with Crippen molar-refractivity contribution in [3.8, 4) is 0 Å². The number of aromatic amines is 1. The largest absolute Gasteiger partial charge is 0.472 e. The summed E-state index contributed by atoms with van der Waals surface area (Å²) in [4.78, 5) is 61.3. The fourth-order valence-electron chi connectivity index (χ4n) is 4.88. The summed E-state index contributed by atoms with van der Waals surface area (Å²) in [5.74, 6) is -0.339. The van der Waals surface area contributed by atoms with E-state index in [-0.39, 0.29) is 30.3 Å². The molecule has 0 saturated carbocycles. The third-order valence-corrected chi connectivity index (χ3v) is 9.51. The summed E-state index contributed by atoms with van der Waals surface area (Å²) in [7, 11) is -15.5. The normalized spacial score (nSPS) is 35.7. The average Bonchev–Trinajstić information content (AvgIpc) is 3.70. The smallest absolute Gasteiger partial charge is 0.388 e. The first kappa shape index (κ1) is 36.5. The third-order valence-electron chi connectivity index (χ3n) is 6.99. The fourth-order valence-corrected chi connectivity index (χ4v) is 7.36. The number of aromatic nitrogens is 4. The Labute approximate surface area is 261 Å². The Morgan fingerprint density at radius 2 is 1.55 bits per heavy atom. The molecular formula is C19H31N6O19P3. The molecule has 0 radical (unpaired) electrons. The Hall–Kier alpha value is -1.80. The Balaban J connectivity index is 1.35. The Morgan fingerprint density at radius 3 is 2.17 bits per heavy atom. The lowest BCUT2D eigenvalue weighted by atomic mass is 10.1. The second-order valence-electron chi connectivity index (χ2n) is 10.4. The maximum Gasteiger partial charge on any atom is 0.472 e. The third kappa shape index (κ3) is 8.51. The van der Waals surface area contributed by atoms with Crippen LogP contribution in [0.15, 0.2) is 11.1 Å². The van der Waals surface area contributed by atoms with Gasteiger partial charge in [-0.3, -0.25) is 37.0 Å². The number of nitrogens with one attached hydrogen (secondary N) is 1. The number of hydrogen-bond acceptors (Lipinski definition) is 19. The molecule has 3 aliphatic rings. The van der Waals surface area contributed by atoms with E-state index in [2.05, 4.69) is 19.5 Å². The SMILES string of the molecule is Nc1nc2c(ncn2[C@@H]2O[C@H](COP(=O)(O)O[C@@H]3COC[C@@H]3O)[C@@H](OP(=O)(O)OC[C@H]3O[C@@H](N)[C@H](O)[C@@H]3OP(=O)(O)O)[C@H]2O)c(=O)[nH]1. The lowest BCUT2D eigenvalue weighted by Gasteiger charge is -2.25. The summed E-state index contributed by atoms with van der Waals surface area (Å²) in [5.41, 5.74) is 9.95. The molecular weight excluding hydrogens is 709 g/mol. The van der Waals surface area contributed by atoms with Gasteiger partial charge in [0.05, 0.1) is 32.8 Å². The molecule has 0 bridgehead atoms. The van der Waals surface area contributed by atoms with Crippen molar-refractivity contribution in [2.24, 2.45) is 5.73 Å². The highest BCUT2D eigenvalue weighted by atomic mass is 31.2. The number of phosphoric acid groups is 3. The number of nitrogens with two attached hydrogens (primary N) is 2. The van der Waals surface area contributed by atoms with E-state index < -0.39 is 104 Å². The van der Waals surface area contributed by atoms with E-state index in [1.165, 1.54) is 0 Å². The first-order valence-electron chi connectivity index (χ1n) is 13.3. The molecule has 12 atom stereocenters. The second-order valence-corrected chi connectivity index (χ2v) is 14.4. The second kappa shape index (κ2) is 13.8. The predicted octanol–water partition coefficient (Wildman–Crippen LogP) is -4.12. The summed E-state index contributed by atoms with van der Waals surface area (Å²) >= 11 is 0. The number of H-pyrrole nitrogens is 1. The Kier molecular flexibility index (Phi) is 10.7. The zero-order chi connectivity index (χ0) is 34.5. The number of fused-ring (bicyclic) bond motifs is 1. The fraction of sp³-hybridized carbons (Fsp3) is 0.737. The maximum absolute atomic E-state index is 13.0. The molecule has 3 fully saturated rings. The van der Waals surface area contributed by atoms with Crippen LogP contribution < -0.4 is 17.0 Å². The number of aliphatic hydroxyl groups is 3. The van der Waals surface area contributed by atoms with Crippen molar-refractivity contribution in [1.82, 2.24) is 19.5 Å². The summed E-state index contributed by atoms with van der Waals surface area (Å²) in [6.45, 7) is -2.36. The number of nitrogens with zero attached hydrogens (tertiary/aromatic N) is 3. The molecule has 3 aliphatic heterocycles. The van der Waals surface area contributed by atoms with Gasteiger partial charge in [-0.05, 0) is 0 Å². The number of rotatable bonds is 13. The zero-order valence-electron chi connectivity index (χ0n) is 23.5. The van der Waals surface area contributed by atoms with Crippen LogP contribution in [0, 0.1) is 0 Å². The first-order chi connectivity index (χ1) is 21.8. The van der Waals surface area contributed by atoms with E-state index in [9.17, 15) is 43.6 Å². The molecule has 0 spiro atoms. The number of imidazole rings is 1. The molecule has 2 aromatic rings. The minimum absolute atomic E-state index is 0.171. The Morgan fingerprint density at radius 1 is 0.936 bits per heavy atom. The molecule has 47 heavy (non-hydrogen) atoms. The molecule has 0 aliphatic carbocycles. The van der Waals surface area contributed by atoms with Gasteiger partial charge in [-0.2, -0.15) is 4.98 Å². The van der Waals surface area contributed by atoms with Crippen molar-refractivity contribution in [2.45, 2.75) is 61.3 Å². The standard InChI is InChI=1S/C19H31N6O19P3/c20-15-11(27)13(43-45(30,31)32)8(40-15)3-39-47(35,36)44-14-9(4-38-46(33,34)42-7-2-37-1-6(7)26)41-18(12(14)28)25-5-22-10-16(25)23-19(21)24-17(10)29/h5-9,11-15,18,26-28H,1-4,20H2,(H,33,34)(H,35,36)(H2,30,31,32)(H3,21,23,24,29)/t6-,7+,8+,9+,11+,12+,13+,14+,15+,18+/m0/s1. The summed E-state index contributed by atoms with van der Waals surface area (Å²) in [5, 5.41) is 31.1. The molecule has 2 aromatic heterocycles. The van der Waals surface area contributed by atoms with Crippen LogP contribution in [0.2, 0.25) is 0 Å². The van der Waals surface area contributed by atoms with Gasteiger partial charge in [0.25, 0.3) is 5.56 Å². The molecule has 25 nitrogen and oxygen atoms in total. The van der Waals surface area contributed by atoms with Gasteiger partial charge in [0, 0.05) is 0 Å². The lowest BCUT2D eigenvalue weighted by molar-refractivity contribution is -0.0551. The van der Waals surface area contributed by atoms with Crippen LogP contribution in [0.3, 0.4) is 0 Å². The highest BCUT2D eigenvalue weighted by Crippen LogP contribution is 2.51. The van der Waals surface area contributed by atoms with Gasteiger partial charge in [-0.25, -0.2) is 18.7 Å². The molecule has 266 valence electrons. The molecule has 12 N–H and O–H groups in total. The summed E-state index contributed by atoms with van der Waals surface area (Å²) in [6.07, 6.45) is -15.3. The van der Waals surface area contributed by atoms with Crippen molar-refractivity contribution in [3.05, 3.63) is 16.7 Å². The molecule has 3 saturated heterocycles. The Bertz CT molecular complexity index is 1640. The minimum atomic E-state index is -5.33. The van der Waals surface area contributed by atoms with Gasteiger partial charge in [0.2, 0.25) is 5.95 Å². The van der Waals surface area contributed by atoms with E-state index in [1.807, 2.05) is 0 Å². The first-order valence-corrected chi connectivity index (χ1v) is 17.8. The van der Waals surface area contributed by atoms with Gasteiger partial charge in [-0.1, -0.05) is 0 Å². The molecule has 5 rings (SSSR count). The highest BCUT2D eigenvalue weighted by Gasteiger charge is 2.52. The van der Waals surface area contributed by atoms with Crippen molar-refractivity contribution in [3.63, 3.8) is 0 Å². The van der Waals surface area contributed by atoms with Gasteiger partial charge >= 0.3 is 23.5 Å². The van der Waals surface area contributed by atoms with Crippen molar-refractivity contribution < 1.29 is 85.4 Å². The van der Waals surface area contributed by atoms with Crippen LogP contribution in [-0.2, 0) is 50.5 Å². The van der Waals surface area contributed by atoms with Crippen LogP contribution in [-0.4, -0.2) is 136 Å². The molecule has 2 unspecified atom stereocenters. The van der Waals surface area contributed by atoms with Gasteiger partial charge in [0.1, 0.15) is 55.1 Å². The van der Waals surface area contributed by atoms with Crippen LogP contribution >= 0.6 is 23.5 Å². The summed E-state index contributed by atoms with van der Waals surface area (Å²) in [6, 6.07) is 0. The lowest BCUT2D eigenvalue weighted by Crippen LogP contribution is -2.39. The number of hydrogen-bond donors (Lipinski definition) is 10. The molecule has 0 amide bonds. The molecule has 28 heteroatoms. The van der Waals surface area contributed by atoms with Crippen molar-refractivity contribution in [2.75, 3.05) is 32.2 Å². The number of nitrogen functional groups attached to an aromatic ring is 1. The van der Waals surface area contributed by atoms with Crippen LogP contribution in [0.5, 0.6) is 0 Å². The van der Waals surface area contributed by atoms with Gasteiger partial charge in [0.15, 0.2) is 17.4 Å². The highest BCUT2D eigenvalue weighted by molar-refractivity contribution is 7.47. The zero-order valence-corrected chi connectivity index (χ0v) is 26.2. The van der Waals surface area contributed by atoms with Gasteiger partial charge < -0.3 is 60.6 Å². The predicted molar refractivity (Wildman–Crippen MR) is 146 cm³/mol. The quantitative estimate of drug-likeness (QED) is 0.0872. The van der Waals surface area contributed by atoms with E-state index in [1.54, 1.807) is 0 Å². The number of anilines is 1. The van der Waals surface area contributed by atoms with E-state index in [4.69, 9.17) is 53.6 Å². The maximum atomic E-state index is 13.0. The number of aliphatic hydroxyl groups excluding tert-OH is 3. The van der Waals surface area contributed by atoms with E-state index in [0.29, 0.717) is 0 Å². The van der Waals surface area contributed by atoms with Crippen LogP contribution in [0.1, 0.15) is 6.23 Å². The van der Waals surface area contributed by atoms with Gasteiger partial charge in [-0.15, -0.1) is 0 Å². The summed E-state index contributed by atoms with van der Waals surface area (Å²) < 4.78 is 78.1. The van der Waals surface area contributed by atoms with E-state index in [0.717, 1.165) is 10.9 Å². The molecule has 5 heterocycles. The van der Waals surface area contributed by atoms with E-state index >= 15 is 0 Å². The van der Waals surface area contributed by atoms with Crippen molar-refractivity contribution in [1.29, 1.82) is 0 Å². The number of ether oxygens (including phenoxy) is 3. The van der Waals surface area contributed by atoms with Crippen LogP contribution in [0.25, 0.3) is 11.2 Å². The average molecular weight is 740 g/mol. The molecule has 0 aromatic carbocycles.